The van der Waals surface area contributed by atoms with E-state index in [2.05, 4.69) is 16.0 Å². The number of aromatic carboxylic acids is 1. The number of carboxylic acid groups (broad SMARTS) is 1. The number of carbonyl (C=O) groups is 6. The summed E-state index contributed by atoms with van der Waals surface area (Å²) in [6.07, 6.45) is 0. The number of nitrogens with one attached hydrogen (secondary N) is 3. The monoisotopic (exact) mass is 1080 g/mol. The van der Waals surface area contributed by atoms with Gasteiger partial charge in [0.05, 0.1) is 34.3 Å². The van der Waals surface area contributed by atoms with Gasteiger partial charge in [0.25, 0.3) is 17.7 Å². The Labute approximate surface area is 442 Å². The number of hydrogen-bond donors (Lipinski definition) is 4. The fourth-order valence-electron chi connectivity index (χ4n) is 6.90. The Morgan fingerprint density at radius 1 is 0.486 bits per heavy atom. The summed E-state index contributed by atoms with van der Waals surface area (Å²) in [7, 11) is 0. The summed E-state index contributed by atoms with van der Waals surface area (Å²) in [4.78, 5) is 77.5. The standard InChI is InChI=1S/C26H23Cl2N3O4.C19H21N3O3.C7H4Cl2O2.ClH/c27-19-8-11-23(28)22(16-19)26(34)31-14-12-30(13-15-31)24(32)17-29-25(33)18-6-9-21(10-7-18)35-20-4-2-1-3-5-20;23-18(22-12-10-20-11-13-22)14-21-19(24)15-6-8-17(9-7-15)25-16-4-2-1-3-5-16;8-4-1-2-6(9)5(3-4)7(10)11;/h1-11,16H,12-15,17H2,(H,29,33);1-9,20H,10-14H2,(H,21,24);1-3H,(H,10,11);1H. The molecule has 8 rings (SSSR count). The number of piperazine rings is 2. The first-order valence-corrected chi connectivity index (χ1v) is 23.7. The first-order valence-electron chi connectivity index (χ1n) is 22.2. The summed E-state index contributed by atoms with van der Waals surface area (Å²) < 4.78 is 11.4. The van der Waals surface area contributed by atoms with Crippen molar-refractivity contribution in [3.8, 4) is 23.0 Å². The van der Waals surface area contributed by atoms with Gasteiger partial charge < -0.3 is 45.2 Å². The average molecular weight is 1080 g/mol. The van der Waals surface area contributed by atoms with Gasteiger partial charge in [0.2, 0.25) is 11.8 Å². The number of ether oxygens (including phenoxy) is 2. The second-order valence-corrected chi connectivity index (χ2v) is 17.3. The molecular formula is C52H49Cl5N6O9. The predicted octanol–water partition coefficient (Wildman–Crippen LogP) is 9.25. The largest absolute Gasteiger partial charge is 0.478 e. The molecule has 2 aliphatic rings. The van der Waals surface area contributed by atoms with E-state index in [-0.39, 0.29) is 65.6 Å². The van der Waals surface area contributed by atoms with Crippen LogP contribution < -0.4 is 25.4 Å². The molecule has 6 aromatic carbocycles. The summed E-state index contributed by atoms with van der Waals surface area (Å²) in [6, 6.07) is 41.3. The Morgan fingerprint density at radius 3 is 1.28 bits per heavy atom. The van der Waals surface area contributed by atoms with Crippen molar-refractivity contribution >= 4 is 94.3 Å². The number of amides is 5. The Morgan fingerprint density at radius 2 is 0.861 bits per heavy atom. The SMILES string of the molecule is Cl.O=C(NCC(=O)N1CCN(C(=O)c2cc(Cl)ccc2Cl)CC1)c1ccc(Oc2ccccc2)cc1.O=C(NCC(=O)N1CCNCC1)c1ccc(Oc2ccccc2)cc1.O=C(O)c1cc(Cl)ccc1Cl. The van der Waals surface area contributed by atoms with Crippen LogP contribution in [-0.4, -0.2) is 121 Å². The van der Waals surface area contributed by atoms with E-state index >= 15 is 0 Å². The van der Waals surface area contributed by atoms with Gasteiger partial charge in [-0.25, -0.2) is 4.79 Å². The minimum Gasteiger partial charge on any atom is -0.478 e. The van der Waals surface area contributed by atoms with Gasteiger partial charge in [0.15, 0.2) is 0 Å². The first kappa shape index (κ1) is 56.1. The molecule has 0 bridgehead atoms. The number of rotatable bonds is 12. The zero-order valence-corrected chi connectivity index (χ0v) is 42.2. The number of hydrogen-bond acceptors (Lipinski definition) is 9. The molecule has 0 aliphatic carbocycles. The number of benzene rings is 6. The molecule has 72 heavy (non-hydrogen) atoms. The number of carbonyl (C=O) groups excluding carboxylic acids is 5. The fourth-order valence-corrected chi connectivity index (χ4v) is 7.64. The molecule has 4 N–H and O–H groups in total. The van der Waals surface area contributed by atoms with Gasteiger partial charge in [-0.05, 0) is 109 Å². The summed E-state index contributed by atoms with van der Waals surface area (Å²) >= 11 is 23.2. The molecular weight excluding hydrogens is 1030 g/mol. The van der Waals surface area contributed by atoms with Crippen molar-refractivity contribution < 1.29 is 43.3 Å². The van der Waals surface area contributed by atoms with Crippen LogP contribution in [0, 0.1) is 0 Å². The summed E-state index contributed by atoms with van der Waals surface area (Å²) in [5.41, 5.74) is 1.28. The minimum atomic E-state index is -1.07. The van der Waals surface area contributed by atoms with E-state index in [4.69, 9.17) is 61.0 Å². The van der Waals surface area contributed by atoms with Crippen LogP contribution in [0.5, 0.6) is 23.0 Å². The van der Waals surface area contributed by atoms with Gasteiger partial charge in [0.1, 0.15) is 23.0 Å². The zero-order chi connectivity index (χ0) is 50.7. The van der Waals surface area contributed by atoms with E-state index in [1.165, 1.54) is 18.2 Å². The highest BCUT2D eigenvalue weighted by molar-refractivity contribution is 6.36. The Hall–Kier alpha value is -6.85. The van der Waals surface area contributed by atoms with Gasteiger partial charge >= 0.3 is 5.97 Å². The van der Waals surface area contributed by atoms with Crippen molar-refractivity contribution in [2.45, 2.75) is 0 Å². The molecule has 0 aromatic heterocycles. The van der Waals surface area contributed by atoms with Crippen molar-refractivity contribution in [3.63, 3.8) is 0 Å². The molecule has 2 heterocycles. The molecule has 20 heteroatoms. The molecule has 0 radical (unpaired) electrons. The Kier molecular flexibility index (Phi) is 22.0. The summed E-state index contributed by atoms with van der Waals surface area (Å²) in [5.74, 6) is 0.511. The Balaban J connectivity index is 0.000000226. The van der Waals surface area contributed by atoms with Gasteiger partial charge in [0, 0.05) is 73.5 Å². The molecule has 0 saturated carbocycles. The summed E-state index contributed by atoms with van der Waals surface area (Å²) in [5, 5.41) is 18.4. The third-order valence-corrected chi connectivity index (χ3v) is 11.8. The zero-order valence-electron chi connectivity index (χ0n) is 38.4. The molecule has 0 atom stereocenters. The molecule has 2 aliphatic heterocycles. The molecule has 376 valence electrons. The average Bonchev–Trinajstić information content (AvgIpc) is 3.40. The minimum absolute atomic E-state index is 0. The molecule has 2 saturated heterocycles. The lowest BCUT2D eigenvalue weighted by Gasteiger charge is -2.35. The number of nitrogens with zero attached hydrogens (tertiary/aromatic N) is 3. The maximum absolute atomic E-state index is 12.8. The van der Waals surface area contributed by atoms with Crippen LogP contribution >= 0.6 is 58.8 Å². The first-order chi connectivity index (χ1) is 34.2. The third kappa shape index (κ3) is 17.2. The molecule has 0 unspecified atom stereocenters. The third-order valence-electron chi connectivity index (χ3n) is 10.7. The van der Waals surface area contributed by atoms with Crippen LogP contribution in [0.15, 0.2) is 146 Å². The quantitative estimate of drug-likeness (QED) is 0.0921. The van der Waals surface area contributed by atoms with Crippen LogP contribution in [0.2, 0.25) is 20.1 Å². The highest BCUT2D eigenvalue weighted by Crippen LogP contribution is 2.25. The fraction of sp³-hybridized carbons (Fsp3) is 0.192. The van der Waals surface area contributed by atoms with E-state index in [0.717, 1.165) is 18.8 Å². The molecule has 6 aromatic rings. The van der Waals surface area contributed by atoms with Gasteiger partial charge in [-0.2, -0.15) is 0 Å². The van der Waals surface area contributed by atoms with E-state index in [0.29, 0.717) is 88.3 Å². The molecule has 15 nitrogen and oxygen atoms in total. The lowest BCUT2D eigenvalue weighted by atomic mass is 10.1. The lowest BCUT2D eigenvalue weighted by molar-refractivity contribution is -0.131. The predicted molar refractivity (Wildman–Crippen MR) is 280 cm³/mol. The van der Waals surface area contributed by atoms with Crippen LogP contribution in [0.4, 0.5) is 0 Å². The van der Waals surface area contributed by atoms with Crippen molar-refractivity contribution in [3.05, 3.63) is 188 Å². The molecule has 5 amide bonds. The molecule has 0 spiro atoms. The second kappa shape index (κ2) is 28.3. The van der Waals surface area contributed by atoms with Crippen molar-refractivity contribution in [1.29, 1.82) is 0 Å². The van der Waals surface area contributed by atoms with Crippen molar-refractivity contribution in [2.24, 2.45) is 0 Å². The number of halogens is 5. The highest BCUT2D eigenvalue weighted by Gasteiger charge is 2.26. The van der Waals surface area contributed by atoms with Gasteiger partial charge in [-0.3, -0.25) is 24.0 Å². The van der Waals surface area contributed by atoms with Gasteiger partial charge in [-0.15, -0.1) is 12.4 Å². The van der Waals surface area contributed by atoms with Crippen LogP contribution in [0.1, 0.15) is 41.4 Å². The van der Waals surface area contributed by atoms with E-state index in [9.17, 15) is 28.8 Å². The van der Waals surface area contributed by atoms with E-state index in [1.54, 1.807) is 81.4 Å². The number of para-hydroxylation sites is 2. The van der Waals surface area contributed by atoms with Gasteiger partial charge in [-0.1, -0.05) is 82.8 Å². The maximum atomic E-state index is 12.8. The summed E-state index contributed by atoms with van der Waals surface area (Å²) in [6.45, 7) is 4.30. The van der Waals surface area contributed by atoms with Crippen molar-refractivity contribution in [1.82, 2.24) is 30.7 Å². The van der Waals surface area contributed by atoms with Crippen molar-refractivity contribution in [2.75, 3.05) is 65.4 Å². The van der Waals surface area contributed by atoms with E-state index < -0.39 is 5.97 Å². The number of carboxylic acids is 1. The molecule has 2 fully saturated rings. The van der Waals surface area contributed by atoms with Crippen LogP contribution in [-0.2, 0) is 9.59 Å². The van der Waals surface area contributed by atoms with E-state index in [1.807, 2.05) is 60.7 Å². The van der Waals surface area contributed by atoms with Crippen LogP contribution in [0.25, 0.3) is 0 Å². The highest BCUT2D eigenvalue weighted by atomic mass is 35.5. The normalized spacial score (nSPS) is 12.8. The second-order valence-electron chi connectivity index (χ2n) is 15.6. The smallest absolute Gasteiger partial charge is 0.337 e. The van der Waals surface area contributed by atoms with Crippen LogP contribution in [0.3, 0.4) is 0 Å². The Bertz CT molecular complexity index is 2780. The maximum Gasteiger partial charge on any atom is 0.337 e. The topological polar surface area (TPSA) is 187 Å². The lowest BCUT2D eigenvalue weighted by Crippen LogP contribution is -2.52.